The molecule has 0 radical (unpaired) electrons. The molecule has 0 unspecified atom stereocenters. The molecule has 0 spiro atoms. The number of fused-ring (bicyclic) bond motifs is 2. The predicted octanol–water partition coefficient (Wildman–Crippen LogP) is -0.0341. The minimum absolute atomic E-state index is 0.0476. The van der Waals surface area contributed by atoms with Crippen LogP contribution in [0, 0.1) is 0 Å². The van der Waals surface area contributed by atoms with Gasteiger partial charge in [0.25, 0.3) is 5.91 Å². The van der Waals surface area contributed by atoms with Gasteiger partial charge in [0.2, 0.25) is 0 Å². The van der Waals surface area contributed by atoms with Crippen LogP contribution < -0.4 is 16.8 Å². The van der Waals surface area contributed by atoms with Gasteiger partial charge >= 0.3 is 0 Å². The summed E-state index contributed by atoms with van der Waals surface area (Å²) in [5, 5.41) is 33.3. The Balaban J connectivity index is 2.29. The topological polar surface area (TPSA) is 180 Å². The van der Waals surface area contributed by atoms with Crippen molar-refractivity contribution in [3.63, 3.8) is 0 Å². The standard InChI is InChI=1S/C18H20N6O4/c19-3-5-21-8-10-12(26)7-13(27)17-15(10)24-16-11(25)2-1-9(14(16)23-17)18(28)22-6-4-20/h1-2,7-8,25-27H,3-6,19-20H2,(H,22,28). The third-order valence-electron chi connectivity index (χ3n) is 4.00. The molecular formula is C18H20N6O4. The first kappa shape index (κ1) is 19.3. The second-order valence-electron chi connectivity index (χ2n) is 5.95. The molecule has 0 bridgehead atoms. The highest BCUT2D eigenvalue weighted by Crippen LogP contribution is 2.35. The number of phenols is 3. The highest BCUT2D eigenvalue weighted by atomic mass is 16.3. The molecule has 0 aliphatic heterocycles. The number of rotatable bonds is 6. The summed E-state index contributed by atoms with van der Waals surface area (Å²) >= 11 is 0. The maximum atomic E-state index is 12.4. The molecular weight excluding hydrogens is 364 g/mol. The van der Waals surface area contributed by atoms with Gasteiger partial charge in [0.05, 0.1) is 17.7 Å². The van der Waals surface area contributed by atoms with Gasteiger partial charge in [-0.25, -0.2) is 9.97 Å². The van der Waals surface area contributed by atoms with Crippen LogP contribution in [0.2, 0.25) is 0 Å². The van der Waals surface area contributed by atoms with Crippen molar-refractivity contribution in [1.82, 2.24) is 15.3 Å². The van der Waals surface area contributed by atoms with Gasteiger partial charge in [-0.1, -0.05) is 0 Å². The first-order valence-corrected chi connectivity index (χ1v) is 8.54. The van der Waals surface area contributed by atoms with E-state index in [1.54, 1.807) is 0 Å². The number of phenolic OH excluding ortho intramolecular Hbond substituents is 3. The molecule has 3 rings (SSSR count). The fraction of sp³-hybridized carbons (Fsp3) is 0.222. The quantitative estimate of drug-likeness (QED) is 0.253. The summed E-state index contributed by atoms with van der Waals surface area (Å²) in [5.41, 5.74) is 11.5. The van der Waals surface area contributed by atoms with Gasteiger partial charge in [-0.3, -0.25) is 9.79 Å². The van der Waals surface area contributed by atoms with E-state index in [-0.39, 0.29) is 63.5 Å². The molecule has 0 saturated carbocycles. The molecule has 10 nitrogen and oxygen atoms in total. The van der Waals surface area contributed by atoms with Crippen molar-refractivity contribution in [1.29, 1.82) is 0 Å². The van der Waals surface area contributed by atoms with Crippen molar-refractivity contribution >= 4 is 34.2 Å². The fourth-order valence-corrected chi connectivity index (χ4v) is 2.71. The van der Waals surface area contributed by atoms with Crippen LogP contribution in [-0.2, 0) is 0 Å². The summed E-state index contributed by atoms with van der Waals surface area (Å²) in [5.74, 6) is -1.22. The predicted molar refractivity (Wildman–Crippen MR) is 105 cm³/mol. The van der Waals surface area contributed by atoms with Gasteiger partial charge in [0.15, 0.2) is 0 Å². The van der Waals surface area contributed by atoms with E-state index in [0.717, 1.165) is 6.07 Å². The molecule has 1 amide bonds. The summed E-state index contributed by atoms with van der Waals surface area (Å²) in [4.78, 5) is 25.2. The summed E-state index contributed by atoms with van der Waals surface area (Å²) in [6.07, 6.45) is 1.37. The van der Waals surface area contributed by atoms with E-state index in [1.807, 2.05) is 0 Å². The number of nitrogens with zero attached hydrogens (tertiary/aromatic N) is 3. The van der Waals surface area contributed by atoms with Crippen molar-refractivity contribution in [2.75, 3.05) is 26.2 Å². The van der Waals surface area contributed by atoms with Crippen LogP contribution >= 0.6 is 0 Å². The second kappa shape index (κ2) is 8.03. The van der Waals surface area contributed by atoms with Gasteiger partial charge in [0, 0.05) is 31.9 Å². The molecule has 0 atom stereocenters. The van der Waals surface area contributed by atoms with E-state index < -0.39 is 5.91 Å². The number of hydrogen-bond acceptors (Lipinski definition) is 9. The van der Waals surface area contributed by atoms with Crippen LogP contribution in [0.4, 0.5) is 0 Å². The summed E-state index contributed by atoms with van der Waals surface area (Å²) < 4.78 is 0. The lowest BCUT2D eigenvalue weighted by molar-refractivity contribution is 0.0956. The average Bonchev–Trinajstić information content (AvgIpc) is 2.68. The van der Waals surface area contributed by atoms with Crippen molar-refractivity contribution in [3.8, 4) is 17.2 Å². The summed E-state index contributed by atoms with van der Waals surface area (Å²) in [7, 11) is 0. The third kappa shape index (κ3) is 3.50. The maximum Gasteiger partial charge on any atom is 0.253 e. The van der Waals surface area contributed by atoms with E-state index in [2.05, 4.69) is 20.3 Å². The first-order chi connectivity index (χ1) is 13.5. The average molecular weight is 384 g/mol. The molecule has 0 aliphatic carbocycles. The lowest BCUT2D eigenvalue weighted by Gasteiger charge is -2.11. The molecule has 2 aromatic carbocycles. The van der Waals surface area contributed by atoms with Crippen LogP contribution in [0.15, 0.2) is 23.2 Å². The number of carbonyl (C=O) groups excluding carboxylic acids is 1. The highest BCUT2D eigenvalue weighted by molar-refractivity contribution is 6.09. The van der Waals surface area contributed by atoms with Crippen LogP contribution in [-0.4, -0.2) is 63.6 Å². The Morgan fingerprint density at radius 3 is 2.43 bits per heavy atom. The molecule has 146 valence electrons. The largest absolute Gasteiger partial charge is 0.507 e. The maximum absolute atomic E-state index is 12.4. The number of amides is 1. The van der Waals surface area contributed by atoms with E-state index in [0.29, 0.717) is 13.1 Å². The second-order valence-corrected chi connectivity index (χ2v) is 5.95. The van der Waals surface area contributed by atoms with Crippen molar-refractivity contribution < 1.29 is 20.1 Å². The molecule has 10 heteroatoms. The third-order valence-corrected chi connectivity index (χ3v) is 4.00. The van der Waals surface area contributed by atoms with Crippen molar-refractivity contribution in [3.05, 3.63) is 29.3 Å². The highest BCUT2D eigenvalue weighted by Gasteiger charge is 2.19. The Hall–Kier alpha value is -3.50. The fourth-order valence-electron chi connectivity index (χ4n) is 2.71. The number of aromatic nitrogens is 2. The SMILES string of the molecule is NCCN=Cc1c(O)cc(O)c2nc3c(C(=O)NCCN)ccc(O)c3nc12. The van der Waals surface area contributed by atoms with Gasteiger partial charge in [-0.05, 0) is 12.1 Å². The smallest absolute Gasteiger partial charge is 0.253 e. The molecule has 0 fully saturated rings. The van der Waals surface area contributed by atoms with Crippen LogP contribution in [0.3, 0.4) is 0 Å². The Morgan fingerprint density at radius 2 is 1.71 bits per heavy atom. The van der Waals surface area contributed by atoms with Gasteiger partial charge in [-0.15, -0.1) is 0 Å². The van der Waals surface area contributed by atoms with E-state index in [1.165, 1.54) is 18.3 Å². The molecule has 1 aromatic heterocycles. The number of hydrogen-bond donors (Lipinski definition) is 6. The Morgan fingerprint density at radius 1 is 1.00 bits per heavy atom. The first-order valence-electron chi connectivity index (χ1n) is 8.54. The summed E-state index contributed by atoms with van der Waals surface area (Å²) in [6.45, 7) is 1.19. The molecule has 28 heavy (non-hydrogen) atoms. The number of aromatic hydroxyl groups is 3. The minimum atomic E-state index is -0.438. The molecule has 3 aromatic rings. The van der Waals surface area contributed by atoms with Gasteiger partial charge in [0.1, 0.15) is 39.3 Å². The summed E-state index contributed by atoms with van der Waals surface area (Å²) in [6, 6.07) is 3.85. The van der Waals surface area contributed by atoms with E-state index in [4.69, 9.17) is 11.5 Å². The zero-order valence-electron chi connectivity index (χ0n) is 14.9. The van der Waals surface area contributed by atoms with Crippen molar-refractivity contribution in [2.24, 2.45) is 16.5 Å². The number of nitrogens with one attached hydrogen (secondary N) is 1. The zero-order valence-corrected chi connectivity index (χ0v) is 14.9. The lowest BCUT2D eigenvalue weighted by Crippen LogP contribution is -2.29. The molecule has 0 saturated heterocycles. The van der Waals surface area contributed by atoms with E-state index in [9.17, 15) is 20.1 Å². The number of carbonyl (C=O) groups is 1. The van der Waals surface area contributed by atoms with Gasteiger partial charge in [-0.2, -0.15) is 0 Å². The van der Waals surface area contributed by atoms with Crippen LogP contribution in [0.5, 0.6) is 17.2 Å². The Bertz CT molecular complexity index is 1080. The molecule has 1 heterocycles. The van der Waals surface area contributed by atoms with Crippen LogP contribution in [0.25, 0.3) is 22.1 Å². The zero-order chi connectivity index (χ0) is 20.3. The minimum Gasteiger partial charge on any atom is -0.507 e. The van der Waals surface area contributed by atoms with Crippen molar-refractivity contribution in [2.45, 2.75) is 0 Å². The lowest BCUT2D eigenvalue weighted by atomic mass is 10.1. The molecule has 8 N–H and O–H groups in total. The van der Waals surface area contributed by atoms with Crippen LogP contribution in [0.1, 0.15) is 15.9 Å². The van der Waals surface area contributed by atoms with E-state index >= 15 is 0 Å². The number of nitrogens with two attached hydrogens (primary N) is 2. The molecule has 0 aliphatic rings. The monoisotopic (exact) mass is 384 g/mol. The number of benzene rings is 2. The Kier molecular flexibility index (Phi) is 5.52. The van der Waals surface area contributed by atoms with Gasteiger partial charge < -0.3 is 32.1 Å². The number of aliphatic imine (C=N–C) groups is 1. The normalized spacial score (nSPS) is 11.5. The Labute approximate surface area is 159 Å².